The summed E-state index contributed by atoms with van der Waals surface area (Å²) in [6.45, 7) is 1.85. The highest BCUT2D eigenvalue weighted by Crippen LogP contribution is 2.26. The second-order valence-electron chi connectivity index (χ2n) is 6.11. The van der Waals surface area contributed by atoms with Gasteiger partial charge in [-0.3, -0.25) is 14.9 Å². The highest BCUT2D eigenvalue weighted by atomic mass is 16.6. The number of esters is 1. The third-order valence-electron chi connectivity index (χ3n) is 3.83. The molecule has 0 saturated heterocycles. The quantitative estimate of drug-likeness (QED) is 0.456. The van der Waals surface area contributed by atoms with E-state index in [9.17, 15) is 19.7 Å². The molecule has 0 saturated carbocycles. The summed E-state index contributed by atoms with van der Waals surface area (Å²) >= 11 is 0. The van der Waals surface area contributed by atoms with Crippen LogP contribution in [0, 0.1) is 10.1 Å². The molecule has 0 radical (unpaired) electrons. The molecule has 1 N–H and O–H groups in total. The lowest BCUT2D eigenvalue weighted by molar-refractivity contribution is -0.384. The lowest BCUT2D eigenvalue weighted by Crippen LogP contribution is -2.34. The third-order valence-corrected chi connectivity index (χ3v) is 3.83. The molecule has 0 heterocycles. The maximum absolute atomic E-state index is 12.2. The summed E-state index contributed by atoms with van der Waals surface area (Å²) in [5.41, 5.74) is 1.02. The maximum atomic E-state index is 12.2. The minimum Gasteiger partial charge on any atom is -0.449 e. The van der Waals surface area contributed by atoms with Crippen LogP contribution >= 0.6 is 0 Å². The van der Waals surface area contributed by atoms with Gasteiger partial charge in [0, 0.05) is 26.7 Å². The SMILES string of the molecule is C[C@H](OC(=O)c1ccc(NCc2ccccc2)c([N+](=O)[O-])c1)C(=O)N(C)C. The average Bonchev–Trinajstić information content (AvgIpc) is 2.66. The number of hydrogen-bond donors (Lipinski definition) is 1. The highest BCUT2D eigenvalue weighted by Gasteiger charge is 2.23. The largest absolute Gasteiger partial charge is 0.449 e. The van der Waals surface area contributed by atoms with Gasteiger partial charge >= 0.3 is 5.97 Å². The summed E-state index contributed by atoms with van der Waals surface area (Å²) in [5.74, 6) is -1.17. The summed E-state index contributed by atoms with van der Waals surface area (Å²) in [7, 11) is 3.09. The van der Waals surface area contributed by atoms with Crippen LogP contribution in [0.1, 0.15) is 22.8 Å². The molecular weight excluding hydrogens is 350 g/mol. The molecule has 2 aromatic carbocycles. The van der Waals surface area contributed by atoms with Crippen LogP contribution in [0.4, 0.5) is 11.4 Å². The highest BCUT2D eigenvalue weighted by molar-refractivity contribution is 5.93. The third kappa shape index (κ3) is 5.27. The van der Waals surface area contributed by atoms with Crippen LogP contribution in [0.25, 0.3) is 0 Å². The molecule has 0 aliphatic heterocycles. The molecule has 0 unspecified atom stereocenters. The summed E-state index contributed by atoms with van der Waals surface area (Å²) in [5, 5.41) is 14.4. The first-order valence-electron chi connectivity index (χ1n) is 8.28. The number of carbonyl (C=O) groups excluding carboxylic acids is 2. The number of hydrogen-bond acceptors (Lipinski definition) is 6. The van der Waals surface area contributed by atoms with E-state index in [1.807, 2.05) is 30.3 Å². The van der Waals surface area contributed by atoms with Crippen LogP contribution < -0.4 is 5.32 Å². The van der Waals surface area contributed by atoms with Crippen molar-refractivity contribution in [2.45, 2.75) is 19.6 Å². The van der Waals surface area contributed by atoms with Gasteiger partial charge in [-0.05, 0) is 24.6 Å². The lowest BCUT2D eigenvalue weighted by Gasteiger charge is -2.17. The molecule has 2 aromatic rings. The van der Waals surface area contributed by atoms with Crippen molar-refractivity contribution in [1.82, 2.24) is 4.90 Å². The van der Waals surface area contributed by atoms with Gasteiger partial charge < -0.3 is 15.0 Å². The Hall–Kier alpha value is -3.42. The maximum Gasteiger partial charge on any atom is 0.339 e. The van der Waals surface area contributed by atoms with Gasteiger partial charge in [0.1, 0.15) is 5.69 Å². The van der Waals surface area contributed by atoms with Gasteiger partial charge in [0.05, 0.1) is 10.5 Å². The minimum absolute atomic E-state index is 0.00497. The van der Waals surface area contributed by atoms with Crippen molar-refractivity contribution in [3.05, 3.63) is 69.8 Å². The Morgan fingerprint density at radius 3 is 2.44 bits per heavy atom. The van der Waals surface area contributed by atoms with Crippen LogP contribution in [0.2, 0.25) is 0 Å². The number of likely N-dealkylation sites (N-methyl/N-ethyl adjacent to an activating group) is 1. The van der Waals surface area contributed by atoms with Crippen molar-refractivity contribution in [2.24, 2.45) is 0 Å². The number of nitrogens with one attached hydrogen (secondary N) is 1. The number of ether oxygens (including phenoxy) is 1. The Bertz CT molecular complexity index is 836. The Kier molecular flexibility index (Phi) is 6.48. The zero-order valence-electron chi connectivity index (χ0n) is 15.3. The molecule has 142 valence electrons. The van der Waals surface area contributed by atoms with E-state index < -0.39 is 17.0 Å². The predicted octanol–water partition coefficient (Wildman–Crippen LogP) is 2.84. The Morgan fingerprint density at radius 1 is 1.19 bits per heavy atom. The van der Waals surface area contributed by atoms with Crippen molar-refractivity contribution in [3.8, 4) is 0 Å². The van der Waals surface area contributed by atoms with E-state index >= 15 is 0 Å². The number of nitrogens with zero attached hydrogens (tertiary/aromatic N) is 2. The van der Waals surface area contributed by atoms with E-state index in [2.05, 4.69) is 5.32 Å². The molecular formula is C19H21N3O5. The van der Waals surface area contributed by atoms with Crippen molar-refractivity contribution in [2.75, 3.05) is 19.4 Å². The van der Waals surface area contributed by atoms with Crippen molar-refractivity contribution < 1.29 is 19.2 Å². The van der Waals surface area contributed by atoms with Gasteiger partial charge in [-0.15, -0.1) is 0 Å². The minimum atomic E-state index is -0.984. The fourth-order valence-corrected chi connectivity index (χ4v) is 2.39. The molecule has 1 atom stereocenters. The Labute approximate surface area is 156 Å². The first-order valence-corrected chi connectivity index (χ1v) is 8.28. The Morgan fingerprint density at radius 2 is 1.85 bits per heavy atom. The van der Waals surface area contributed by atoms with Gasteiger partial charge in [-0.1, -0.05) is 30.3 Å². The molecule has 1 amide bonds. The fourth-order valence-electron chi connectivity index (χ4n) is 2.39. The van der Waals surface area contributed by atoms with E-state index in [1.54, 1.807) is 14.1 Å². The van der Waals surface area contributed by atoms with E-state index in [1.165, 1.54) is 24.0 Å². The monoisotopic (exact) mass is 371 g/mol. The topological polar surface area (TPSA) is 102 Å². The number of anilines is 1. The summed E-state index contributed by atoms with van der Waals surface area (Å²) in [6, 6.07) is 13.4. The van der Waals surface area contributed by atoms with E-state index in [0.29, 0.717) is 6.54 Å². The molecule has 2 rings (SSSR count). The van der Waals surface area contributed by atoms with E-state index in [4.69, 9.17) is 4.74 Å². The average molecular weight is 371 g/mol. The van der Waals surface area contributed by atoms with Crippen LogP contribution in [-0.4, -0.2) is 41.9 Å². The molecule has 8 heteroatoms. The second-order valence-corrected chi connectivity index (χ2v) is 6.11. The summed E-state index contributed by atoms with van der Waals surface area (Å²) in [6.07, 6.45) is -0.984. The molecule has 0 aliphatic rings. The number of rotatable bonds is 7. The number of nitro groups is 1. The number of amides is 1. The molecule has 0 bridgehead atoms. The second kappa shape index (κ2) is 8.79. The zero-order valence-corrected chi connectivity index (χ0v) is 15.3. The van der Waals surface area contributed by atoms with Gasteiger partial charge in [-0.2, -0.15) is 0 Å². The van der Waals surface area contributed by atoms with Crippen LogP contribution in [0.3, 0.4) is 0 Å². The van der Waals surface area contributed by atoms with Crippen molar-refractivity contribution in [1.29, 1.82) is 0 Å². The number of nitro benzene ring substituents is 1. The standard InChI is InChI=1S/C19H21N3O5/c1-13(18(23)21(2)3)27-19(24)15-9-10-16(17(11-15)22(25)26)20-12-14-7-5-4-6-8-14/h4-11,13,20H,12H2,1-3H3/t13-/m0/s1. The fraction of sp³-hybridized carbons (Fsp3) is 0.263. The summed E-state index contributed by atoms with van der Waals surface area (Å²) in [4.78, 5) is 36.1. The normalized spacial score (nSPS) is 11.4. The smallest absolute Gasteiger partial charge is 0.339 e. The number of benzene rings is 2. The first-order chi connectivity index (χ1) is 12.8. The van der Waals surface area contributed by atoms with Gasteiger partial charge in [-0.25, -0.2) is 4.79 Å². The van der Waals surface area contributed by atoms with Gasteiger partial charge in [0.15, 0.2) is 6.10 Å². The number of carbonyl (C=O) groups is 2. The van der Waals surface area contributed by atoms with Crippen molar-refractivity contribution in [3.63, 3.8) is 0 Å². The molecule has 0 aromatic heterocycles. The lowest BCUT2D eigenvalue weighted by atomic mass is 10.1. The molecule has 0 spiro atoms. The molecule has 0 aliphatic carbocycles. The van der Waals surface area contributed by atoms with Crippen LogP contribution in [-0.2, 0) is 16.1 Å². The predicted molar refractivity (Wildman–Crippen MR) is 100 cm³/mol. The van der Waals surface area contributed by atoms with E-state index in [0.717, 1.165) is 11.6 Å². The molecule has 0 fully saturated rings. The zero-order chi connectivity index (χ0) is 20.0. The van der Waals surface area contributed by atoms with Gasteiger partial charge in [0.25, 0.3) is 11.6 Å². The van der Waals surface area contributed by atoms with Gasteiger partial charge in [0.2, 0.25) is 0 Å². The molecule has 27 heavy (non-hydrogen) atoms. The van der Waals surface area contributed by atoms with E-state index in [-0.39, 0.29) is 22.8 Å². The first kappa shape index (κ1) is 19.9. The molecule has 8 nitrogen and oxygen atoms in total. The van der Waals surface area contributed by atoms with Crippen LogP contribution in [0.5, 0.6) is 0 Å². The van der Waals surface area contributed by atoms with Crippen molar-refractivity contribution >= 4 is 23.3 Å². The Balaban J connectivity index is 2.15. The van der Waals surface area contributed by atoms with Crippen LogP contribution in [0.15, 0.2) is 48.5 Å². The summed E-state index contributed by atoms with van der Waals surface area (Å²) < 4.78 is 5.09.